The molecule has 5 N–H and O–H groups in total. The molecule has 0 spiro atoms. The van der Waals surface area contributed by atoms with Crippen molar-refractivity contribution >= 4 is 7.82 Å². The van der Waals surface area contributed by atoms with Crippen molar-refractivity contribution in [3.05, 3.63) is 0 Å². The van der Waals surface area contributed by atoms with Crippen molar-refractivity contribution in [3.8, 4) is 0 Å². The van der Waals surface area contributed by atoms with Gasteiger partial charge in [-0.1, -0.05) is 122 Å². The number of ether oxygens (including phenoxy) is 3. The Labute approximate surface area is 266 Å². The summed E-state index contributed by atoms with van der Waals surface area (Å²) in [6, 6.07) is 0. The third kappa shape index (κ3) is 17.7. The zero-order valence-electron chi connectivity index (χ0n) is 27.4. The zero-order chi connectivity index (χ0) is 31.9. The number of rotatable bonds is 28. The van der Waals surface area contributed by atoms with Crippen molar-refractivity contribution in [2.75, 3.05) is 33.0 Å². The van der Waals surface area contributed by atoms with Crippen molar-refractivity contribution in [1.29, 1.82) is 0 Å². The maximum absolute atomic E-state index is 13.1. The van der Waals surface area contributed by atoms with Crippen LogP contribution in [0.15, 0.2) is 0 Å². The molecule has 2 heterocycles. The summed E-state index contributed by atoms with van der Waals surface area (Å²) in [5.41, 5.74) is 5.46. The van der Waals surface area contributed by atoms with Crippen LogP contribution in [0.1, 0.15) is 135 Å². The van der Waals surface area contributed by atoms with Gasteiger partial charge in [0, 0.05) is 6.54 Å². The van der Waals surface area contributed by atoms with Crippen molar-refractivity contribution in [3.63, 3.8) is 0 Å². The number of phosphoric acid groups is 1. The predicted molar refractivity (Wildman–Crippen MR) is 170 cm³/mol. The van der Waals surface area contributed by atoms with E-state index in [4.69, 9.17) is 33.5 Å². The lowest BCUT2D eigenvalue weighted by Crippen LogP contribution is -2.53. The molecule has 0 aromatic heterocycles. The van der Waals surface area contributed by atoms with Gasteiger partial charge in [-0.25, -0.2) is 4.57 Å². The van der Waals surface area contributed by atoms with E-state index in [0.717, 1.165) is 19.3 Å². The first-order valence-corrected chi connectivity index (χ1v) is 19.0. The van der Waals surface area contributed by atoms with Gasteiger partial charge in [0.25, 0.3) is 0 Å². The Bertz CT molecular complexity index is 735. The van der Waals surface area contributed by atoms with Crippen LogP contribution in [0, 0.1) is 0 Å². The number of nitrogens with two attached hydrogens (primary N) is 1. The minimum absolute atomic E-state index is 0.0662. The highest BCUT2D eigenvalue weighted by Gasteiger charge is 2.44. The molecule has 12 heteroatoms. The molecule has 262 valence electrons. The first kappa shape index (κ1) is 40.0. The normalized spacial score (nSPS) is 27.1. The summed E-state index contributed by atoms with van der Waals surface area (Å²) in [4.78, 5) is 0. The Hall–Kier alpha value is -0.170. The van der Waals surface area contributed by atoms with Crippen LogP contribution < -0.4 is 5.73 Å². The molecule has 7 unspecified atom stereocenters. The molecule has 2 aliphatic rings. The van der Waals surface area contributed by atoms with E-state index in [0.29, 0.717) is 0 Å². The lowest BCUT2D eigenvalue weighted by atomic mass is 10.0. The summed E-state index contributed by atoms with van der Waals surface area (Å²) in [5, 5.41) is 29.6. The Balaban J connectivity index is 1.44. The van der Waals surface area contributed by atoms with Gasteiger partial charge in [-0.2, -0.15) is 0 Å². The van der Waals surface area contributed by atoms with E-state index in [1.54, 1.807) is 0 Å². The van der Waals surface area contributed by atoms with E-state index in [2.05, 4.69) is 6.92 Å². The SMILES string of the molecule is CCCCCCCCCCCCCCCCCCCCCC1OCC(COP(=O)(OCCN)OC2OCC(O)C(O)C2O)O1. The number of hydrogen-bond donors (Lipinski definition) is 4. The van der Waals surface area contributed by atoms with Crippen LogP contribution in [-0.4, -0.2) is 85.3 Å². The maximum Gasteiger partial charge on any atom is 0.477 e. The molecule has 0 aromatic carbocycles. The number of hydrogen-bond acceptors (Lipinski definition) is 11. The number of phosphoric ester groups is 1. The summed E-state index contributed by atoms with van der Waals surface area (Å²) in [6.07, 6.45) is 19.6. The first-order valence-electron chi connectivity index (χ1n) is 17.6. The van der Waals surface area contributed by atoms with E-state index in [1.165, 1.54) is 109 Å². The third-order valence-corrected chi connectivity index (χ3v) is 9.76. The second kappa shape index (κ2) is 24.9. The zero-order valence-corrected chi connectivity index (χ0v) is 28.3. The Morgan fingerprint density at radius 2 is 1.23 bits per heavy atom. The van der Waals surface area contributed by atoms with Crippen LogP contribution in [0.5, 0.6) is 0 Å². The molecule has 0 bridgehead atoms. The summed E-state index contributed by atoms with van der Waals surface area (Å²) in [5.74, 6) is 0. The Morgan fingerprint density at radius 3 is 1.75 bits per heavy atom. The van der Waals surface area contributed by atoms with E-state index >= 15 is 0 Å². The van der Waals surface area contributed by atoms with Crippen LogP contribution in [0.4, 0.5) is 0 Å². The maximum atomic E-state index is 13.1. The van der Waals surface area contributed by atoms with Gasteiger partial charge in [-0.05, 0) is 12.8 Å². The second-order valence-corrected chi connectivity index (χ2v) is 14.0. The van der Waals surface area contributed by atoms with E-state index in [-0.39, 0.29) is 39.3 Å². The molecule has 7 atom stereocenters. The molecular weight excluding hydrogens is 589 g/mol. The van der Waals surface area contributed by atoms with Crippen LogP contribution >= 0.6 is 7.82 Å². The fourth-order valence-electron chi connectivity index (χ4n) is 5.57. The summed E-state index contributed by atoms with van der Waals surface area (Å²) in [7, 11) is -4.21. The molecule has 0 aromatic rings. The van der Waals surface area contributed by atoms with Gasteiger partial charge in [-0.3, -0.25) is 13.6 Å². The number of aliphatic hydroxyl groups is 3. The van der Waals surface area contributed by atoms with Gasteiger partial charge in [0.1, 0.15) is 24.4 Å². The Morgan fingerprint density at radius 1 is 0.705 bits per heavy atom. The van der Waals surface area contributed by atoms with E-state index in [1.807, 2.05) is 0 Å². The average Bonchev–Trinajstić information content (AvgIpc) is 3.48. The van der Waals surface area contributed by atoms with E-state index < -0.39 is 38.5 Å². The molecule has 0 amide bonds. The molecule has 11 nitrogen and oxygen atoms in total. The fourth-order valence-corrected chi connectivity index (χ4v) is 6.89. The van der Waals surface area contributed by atoms with Gasteiger partial charge in [0.15, 0.2) is 12.6 Å². The largest absolute Gasteiger partial charge is 0.477 e. The van der Waals surface area contributed by atoms with Gasteiger partial charge in [0.05, 0.1) is 26.4 Å². The average molecular weight is 654 g/mol. The van der Waals surface area contributed by atoms with Crippen molar-refractivity contribution in [1.82, 2.24) is 0 Å². The molecule has 2 rings (SSSR count). The van der Waals surface area contributed by atoms with E-state index in [9.17, 15) is 19.9 Å². The molecule has 0 radical (unpaired) electrons. The third-order valence-electron chi connectivity index (χ3n) is 8.33. The van der Waals surface area contributed by atoms with Crippen LogP contribution in [0.25, 0.3) is 0 Å². The van der Waals surface area contributed by atoms with Gasteiger partial charge in [0.2, 0.25) is 0 Å². The number of unbranched alkanes of at least 4 members (excludes halogenated alkanes) is 18. The lowest BCUT2D eigenvalue weighted by molar-refractivity contribution is -0.247. The molecule has 0 saturated carbocycles. The quantitative estimate of drug-likeness (QED) is 0.0570. The number of aliphatic hydroxyl groups excluding tert-OH is 3. The Kier molecular flexibility index (Phi) is 22.7. The lowest BCUT2D eigenvalue weighted by Gasteiger charge is -2.35. The highest BCUT2D eigenvalue weighted by Crippen LogP contribution is 2.51. The summed E-state index contributed by atoms with van der Waals surface area (Å²) < 4.78 is 45.8. The van der Waals surface area contributed by atoms with Crippen molar-refractivity contribution in [2.45, 2.75) is 172 Å². The van der Waals surface area contributed by atoms with Gasteiger partial charge < -0.3 is 35.3 Å². The standard InChI is InChI=1S/C32H64NO10P/c1-2-3-4-5-6-7-8-9-10-11-12-13-14-15-16-17-18-19-20-21-29-38-24-27(42-29)25-41-44(37,40-23-22-33)43-32-31(36)30(35)28(34)26-39-32/h27-32,34-36H,2-26,33H2,1H3. The topological polar surface area (TPSA) is 159 Å². The minimum Gasteiger partial charge on any atom is -0.388 e. The van der Waals surface area contributed by atoms with Gasteiger partial charge in [-0.15, -0.1) is 0 Å². The van der Waals surface area contributed by atoms with Crippen LogP contribution in [-0.2, 0) is 32.3 Å². The monoisotopic (exact) mass is 653 g/mol. The predicted octanol–water partition coefficient (Wildman–Crippen LogP) is 6.11. The van der Waals surface area contributed by atoms with Crippen LogP contribution in [0.3, 0.4) is 0 Å². The highest BCUT2D eigenvalue weighted by atomic mass is 31.2. The van der Waals surface area contributed by atoms with Crippen molar-refractivity contribution < 1.29 is 47.7 Å². The molecule has 0 aliphatic carbocycles. The first-order chi connectivity index (χ1) is 21.4. The highest BCUT2D eigenvalue weighted by molar-refractivity contribution is 7.48. The molecule has 44 heavy (non-hydrogen) atoms. The minimum atomic E-state index is -4.21. The molecule has 2 saturated heterocycles. The van der Waals surface area contributed by atoms with Gasteiger partial charge >= 0.3 is 7.82 Å². The molecule has 2 aliphatic heterocycles. The van der Waals surface area contributed by atoms with Crippen LogP contribution in [0.2, 0.25) is 0 Å². The smallest absolute Gasteiger partial charge is 0.388 e. The molecule has 2 fully saturated rings. The fraction of sp³-hybridized carbons (Fsp3) is 1.00. The van der Waals surface area contributed by atoms with Crippen molar-refractivity contribution in [2.24, 2.45) is 5.73 Å². The summed E-state index contributed by atoms with van der Waals surface area (Å²) in [6.45, 7) is 2.09. The molecular formula is C32H64NO10P. The second-order valence-electron chi connectivity index (χ2n) is 12.4. The summed E-state index contributed by atoms with van der Waals surface area (Å²) >= 11 is 0.